The molecule has 2 aliphatic rings. The number of rotatable bonds is 14. The standard InChI is InChI=1S/C31H37BrO21S/c1-13(34)27(12-33)30(16(4)37,50-26-22(41)23(47-18(6)39)24(25(42)49-26)48-19(7)40)28(43,14(2)35)29(44,15(3)36)31(51-27,17(5)38)52-53-54(45,46)21-10-8-20(32)9-11-21/h8-11,22-26,33,41-44H,12H2,1-7H3/t22-,23+,24+,25+,26+,27+,28+,29+,30-,31+/m1/s1. The minimum Gasteiger partial charge on any atom is -0.455 e. The van der Waals surface area contributed by atoms with Gasteiger partial charge in [0.2, 0.25) is 16.8 Å². The number of aliphatic hydroxyl groups is 5. The zero-order valence-electron chi connectivity index (χ0n) is 29.5. The third-order valence-corrected chi connectivity index (χ3v) is 10.5. The molecule has 0 bridgehead atoms. The Balaban J connectivity index is 2.46. The van der Waals surface area contributed by atoms with E-state index in [4.69, 9.17) is 28.6 Å². The number of esters is 2. The SMILES string of the molecule is CC(=O)O[C@H]1[C@@H](O)[C@H](O[C@@]2(C(C)=O)[C@](O)(C(C)=O)[C@@](O)(C(C)=O)[C@@](OOS(=O)(=O)c3ccc(Br)cc3)(C(C)=O)O[C@@]2(CO)C(C)=O)O[C@H](O)[C@H]1OC(C)=O. The van der Waals surface area contributed by atoms with Crippen molar-refractivity contribution in [3.05, 3.63) is 28.7 Å². The van der Waals surface area contributed by atoms with E-state index in [1.54, 1.807) is 0 Å². The first-order valence-electron chi connectivity index (χ1n) is 15.4. The average Bonchev–Trinajstić information content (AvgIpc) is 3.06. The largest absolute Gasteiger partial charge is 0.455 e. The maximum Gasteiger partial charge on any atom is 0.323 e. The lowest BCUT2D eigenvalue weighted by Crippen LogP contribution is -2.95. The van der Waals surface area contributed by atoms with Gasteiger partial charge in [0.1, 0.15) is 6.10 Å². The van der Waals surface area contributed by atoms with Crippen LogP contribution in [0.1, 0.15) is 48.5 Å². The highest BCUT2D eigenvalue weighted by atomic mass is 79.9. The first kappa shape index (κ1) is 44.9. The topological polar surface area (TPSA) is 319 Å². The van der Waals surface area contributed by atoms with Gasteiger partial charge in [-0.1, -0.05) is 20.3 Å². The van der Waals surface area contributed by atoms with Gasteiger partial charge in [-0.2, -0.15) is 13.3 Å². The Hall–Kier alpha value is -3.46. The summed E-state index contributed by atoms with van der Waals surface area (Å²) in [5, 5.41) is 58.1. The Kier molecular flexibility index (Phi) is 13.0. The maximum absolute atomic E-state index is 14.1. The molecule has 2 fully saturated rings. The summed E-state index contributed by atoms with van der Waals surface area (Å²) in [6.07, 6.45) is -11.9. The lowest BCUT2D eigenvalue weighted by molar-refractivity contribution is -0.484. The fourth-order valence-corrected chi connectivity index (χ4v) is 7.46. The summed E-state index contributed by atoms with van der Waals surface area (Å²) in [5.41, 5.74) is -16.8. The van der Waals surface area contributed by atoms with Crippen LogP contribution in [0.25, 0.3) is 0 Å². The van der Waals surface area contributed by atoms with Crippen molar-refractivity contribution < 1.29 is 100 Å². The summed E-state index contributed by atoms with van der Waals surface area (Å²) >= 11 is 3.09. The quantitative estimate of drug-likeness (QED) is 0.0740. The minimum atomic E-state index is -5.22. The van der Waals surface area contributed by atoms with Gasteiger partial charge in [0.15, 0.2) is 59.3 Å². The van der Waals surface area contributed by atoms with E-state index in [1.807, 2.05) is 0 Å². The summed E-state index contributed by atoms with van der Waals surface area (Å²) < 4.78 is 57.7. The molecule has 21 nitrogen and oxygen atoms in total. The van der Waals surface area contributed by atoms with Crippen molar-refractivity contribution in [2.75, 3.05) is 6.61 Å². The summed E-state index contributed by atoms with van der Waals surface area (Å²) in [7, 11) is -5.22. The van der Waals surface area contributed by atoms with Gasteiger partial charge >= 0.3 is 27.8 Å². The van der Waals surface area contributed by atoms with Crippen molar-refractivity contribution in [3.63, 3.8) is 0 Å². The van der Waals surface area contributed by atoms with Gasteiger partial charge in [0.05, 0.1) is 11.5 Å². The van der Waals surface area contributed by atoms with Gasteiger partial charge < -0.3 is 49.2 Å². The Labute approximate surface area is 314 Å². The monoisotopic (exact) mass is 856 g/mol. The highest BCUT2D eigenvalue weighted by Crippen LogP contribution is 2.59. The molecule has 2 saturated heterocycles. The Morgan fingerprint density at radius 2 is 1.26 bits per heavy atom. The van der Waals surface area contributed by atoms with E-state index in [9.17, 15) is 67.5 Å². The van der Waals surface area contributed by atoms with E-state index in [-0.39, 0.29) is 0 Å². The molecule has 0 aromatic heterocycles. The summed E-state index contributed by atoms with van der Waals surface area (Å²) in [6.45, 7) is 1.90. The molecular formula is C31H37BrO21S. The van der Waals surface area contributed by atoms with Crippen molar-refractivity contribution in [1.29, 1.82) is 0 Å². The third kappa shape index (κ3) is 6.74. The van der Waals surface area contributed by atoms with Gasteiger partial charge in [-0.3, -0.25) is 33.6 Å². The van der Waals surface area contributed by atoms with Crippen LogP contribution >= 0.6 is 15.9 Å². The first-order valence-corrected chi connectivity index (χ1v) is 17.6. The van der Waals surface area contributed by atoms with Crippen LogP contribution in [0, 0.1) is 0 Å². The van der Waals surface area contributed by atoms with E-state index in [2.05, 4.69) is 20.3 Å². The molecule has 2 aliphatic heterocycles. The molecule has 0 radical (unpaired) electrons. The van der Waals surface area contributed by atoms with Crippen LogP contribution in [0.15, 0.2) is 33.6 Å². The van der Waals surface area contributed by atoms with Crippen LogP contribution in [0.5, 0.6) is 0 Å². The zero-order chi connectivity index (χ0) is 41.6. The maximum atomic E-state index is 14.1. The molecular weight excluding hydrogens is 820 g/mol. The Morgan fingerprint density at radius 1 is 0.759 bits per heavy atom. The number of halogens is 1. The normalized spacial score (nSPS) is 35.4. The molecule has 54 heavy (non-hydrogen) atoms. The molecule has 0 spiro atoms. The Morgan fingerprint density at radius 3 is 1.67 bits per heavy atom. The molecule has 0 aliphatic carbocycles. The number of ether oxygens (including phenoxy) is 5. The molecule has 1 aromatic rings. The number of Topliss-reactive ketones (excluding diaryl/α,β-unsaturated/α-hetero) is 5. The highest BCUT2D eigenvalue weighted by Gasteiger charge is 2.91. The smallest absolute Gasteiger partial charge is 0.323 e. The fourth-order valence-electron chi connectivity index (χ4n) is 6.46. The second-order valence-electron chi connectivity index (χ2n) is 12.3. The van der Waals surface area contributed by atoms with Gasteiger partial charge in [0.25, 0.3) is 0 Å². The van der Waals surface area contributed by atoms with Crippen LogP contribution < -0.4 is 0 Å². The number of carbonyl (C=O) groups is 7. The van der Waals surface area contributed by atoms with E-state index in [1.165, 1.54) is 12.1 Å². The molecule has 0 amide bonds. The molecule has 0 unspecified atom stereocenters. The van der Waals surface area contributed by atoms with Crippen molar-refractivity contribution in [1.82, 2.24) is 0 Å². The number of ketones is 5. The van der Waals surface area contributed by atoms with Crippen LogP contribution in [0.2, 0.25) is 0 Å². The lowest BCUT2D eigenvalue weighted by atomic mass is 9.53. The molecule has 2 heterocycles. The van der Waals surface area contributed by atoms with Crippen molar-refractivity contribution in [3.8, 4) is 0 Å². The van der Waals surface area contributed by atoms with Crippen molar-refractivity contribution in [2.45, 2.75) is 112 Å². The molecule has 5 N–H and O–H groups in total. The van der Waals surface area contributed by atoms with Crippen LogP contribution in [-0.2, 0) is 76.6 Å². The van der Waals surface area contributed by atoms with Crippen LogP contribution in [-0.4, -0.2) is 140 Å². The zero-order valence-corrected chi connectivity index (χ0v) is 31.9. The molecule has 23 heteroatoms. The predicted octanol–water partition coefficient (Wildman–Crippen LogP) is -2.39. The van der Waals surface area contributed by atoms with Crippen molar-refractivity contribution in [2.24, 2.45) is 0 Å². The highest BCUT2D eigenvalue weighted by molar-refractivity contribution is 9.10. The van der Waals surface area contributed by atoms with Gasteiger partial charge in [-0.15, -0.1) is 0 Å². The second kappa shape index (κ2) is 15.6. The number of benzene rings is 1. The minimum absolute atomic E-state index is 0.381. The van der Waals surface area contributed by atoms with E-state index in [0.29, 0.717) is 39.1 Å². The first-order chi connectivity index (χ1) is 24.7. The molecule has 1 aromatic carbocycles. The molecule has 10 atom stereocenters. The van der Waals surface area contributed by atoms with Gasteiger partial charge in [0, 0.05) is 25.2 Å². The molecule has 3 rings (SSSR count). The van der Waals surface area contributed by atoms with Crippen molar-refractivity contribution >= 4 is 66.9 Å². The summed E-state index contributed by atoms with van der Waals surface area (Å²) in [4.78, 5) is 97.0. The van der Waals surface area contributed by atoms with E-state index >= 15 is 0 Å². The van der Waals surface area contributed by atoms with E-state index in [0.717, 1.165) is 26.0 Å². The fraction of sp³-hybridized carbons (Fsp3) is 0.581. The second-order valence-corrected chi connectivity index (χ2v) is 14.7. The number of aliphatic hydroxyl groups excluding tert-OH is 3. The third-order valence-electron chi connectivity index (χ3n) is 8.90. The Bertz CT molecular complexity index is 1830. The summed E-state index contributed by atoms with van der Waals surface area (Å²) in [6, 6.07) is 4.35. The van der Waals surface area contributed by atoms with Crippen LogP contribution in [0.3, 0.4) is 0 Å². The molecule has 0 saturated carbocycles. The number of hydrogen-bond acceptors (Lipinski definition) is 21. The molecule has 300 valence electrons. The average molecular weight is 858 g/mol. The number of carbonyl (C=O) groups excluding carboxylic acids is 7. The number of hydrogen-bond donors (Lipinski definition) is 5. The van der Waals surface area contributed by atoms with Crippen LogP contribution in [0.4, 0.5) is 0 Å². The summed E-state index contributed by atoms with van der Waals surface area (Å²) in [5.74, 6) is -15.6. The van der Waals surface area contributed by atoms with Gasteiger partial charge in [-0.05, 0) is 52.0 Å². The van der Waals surface area contributed by atoms with E-state index < -0.39 is 122 Å². The van der Waals surface area contributed by atoms with Gasteiger partial charge in [-0.25, -0.2) is 0 Å². The predicted molar refractivity (Wildman–Crippen MR) is 172 cm³/mol. The lowest BCUT2D eigenvalue weighted by Gasteiger charge is -2.65.